The average molecular weight is 312 g/mol. The van der Waals surface area contributed by atoms with E-state index in [0.29, 0.717) is 17.4 Å². The van der Waals surface area contributed by atoms with Crippen LogP contribution in [0.5, 0.6) is 11.5 Å². The van der Waals surface area contributed by atoms with Gasteiger partial charge in [-0.1, -0.05) is 6.92 Å². The zero-order valence-electron chi connectivity index (χ0n) is 13.0. The second kappa shape index (κ2) is 7.00. The van der Waals surface area contributed by atoms with Crippen molar-refractivity contribution in [3.63, 3.8) is 0 Å². The highest BCUT2D eigenvalue weighted by Crippen LogP contribution is 2.32. The Balaban J connectivity index is 2.46. The van der Waals surface area contributed by atoms with Gasteiger partial charge >= 0.3 is 0 Å². The summed E-state index contributed by atoms with van der Waals surface area (Å²) in [5.74, 6) is 2.64. The van der Waals surface area contributed by atoms with Crippen molar-refractivity contribution < 1.29 is 9.47 Å². The van der Waals surface area contributed by atoms with E-state index in [1.807, 2.05) is 12.1 Å². The van der Waals surface area contributed by atoms with Crippen molar-refractivity contribution in [1.82, 2.24) is 14.5 Å². The van der Waals surface area contributed by atoms with Crippen LogP contribution < -0.4 is 9.47 Å². The molecule has 0 saturated heterocycles. The summed E-state index contributed by atoms with van der Waals surface area (Å²) in [5, 5.41) is 0. The molecule has 0 fully saturated rings. The predicted octanol–water partition coefficient (Wildman–Crippen LogP) is 2.74. The van der Waals surface area contributed by atoms with Gasteiger partial charge in [-0.2, -0.15) is 0 Å². The molecule has 116 valence electrons. The van der Waals surface area contributed by atoms with Gasteiger partial charge in [0.1, 0.15) is 5.82 Å². The van der Waals surface area contributed by atoms with Crippen LogP contribution in [0.3, 0.4) is 0 Å². The summed E-state index contributed by atoms with van der Waals surface area (Å²) in [4.78, 5) is 6.85. The van der Waals surface area contributed by atoms with E-state index < -0.39 is 0 Å². The molecule has 2 aromatic rings. The molecule has 21 heavy (non-hydrogen) atoms. The Labute approximate surface area is 130 Å². The number of halogens is 1. The van der Waals surface area contributed by atoms with E-state index >= 15 is 0 Å². The second-order valence-corrected chi connectivity index (χ2v) is 5.17. The number of ether oxygens (including phenoxy) is 2. The Morgan fingerprint density at radius 3 is 2.48 bits per heavy atom. The van der Waals surface area contributed by atoms with Crippen LogP contribution in [0.15, 0.2) is 12.1 Å². The Hall–Kier alpha value is -1.46. The maximum atomic E-state index is 6.04. The van der Waals surface area contributed by atoms with Crippen LogP contribution in [0, 0.1) is 0 Å². The normalized spacial score (nSPS) is 11.3. The van der Waals surface area contributed by atoms with Crippen LogP contribution in [-0.4, -0.2) is 48.8 Å². The van der Waals surface area contributed by atoms with E-state index in [1.165, 1.54) is 0 Å². The average Bonchev–Trinajstić information content (AvgIpc) is 2.87. The fourth-order valence-electron chi connectivity index (χ4n) is 2.28. The van der Waals surface area contributed by atoms with Crippen molar-refractivity contribution in [2.75, 3.05) is 34.4 Å². The molecule has 0 bridgehead atoms. The first kappa shape index (κ1) is 15.9. The van der Waals surface area contributed by atoms with E-state index in [-0.39, 0.29) is 0 Å². The summed E-state index contributed by atoms with van der Waals surface area (Å²) in [6, 6.07) is 3.85. The van der Waals surface area contributed by atoms with E-state index in [4.69, 9.17) is 21.1 Å². The molecule has 6 heteroatoms. The van der Waals surface area contributed by atoms with Crippen molar-refractivity contribution in [3.8, 4) is 11.5 Å². The first-order valence-corrected chi connectivity index (χ1v) is 7.53. The molecular weight excluding hydrogens is 290 g/mol. The Bertz CT molecular complexity index is 612. The smallest absolute Gasteiger partial charge is 0.163 e. The summed E-state index contributed by atoms with van der Waals surface area (Å²) >= 11 is 6.04. The number of rotatable bonds is 7. The van der Waals surface area contributed by atoms with Crippen LogP contribution in [0.2, 0.25) is 0 Å². The molecule has 1 aromatic carbocycles. The molecule has 0 amide bonds. The Morgan fingerprint density at radius 1 is 1.24 bits per heavy atom. The van der Waals surface area contributed by atoms with E-state index in [1.54, 1.807) is 14.2 Å². The summed E-state index contributed by atoms with van der Waals surface area (Å²) in [5.41, 5.74) is 1.90. The number of aromatic nitrogens is 2. The van der Waals surface area contributed by atoms with Gasteiger partial charge in [0.15, 0.2) is 11.5 Å². The van der Waals surface area contributed by atoms with Crippen molar-refractivity contribution in [3.05, 3.63) is 18.0 Å². The van der Waals surface area contributed by atoms with Crippen LogP contribution >= 0.6 is 11.6 Å². The van der Waals surface area contributed by atoms with Crippen LogP contribution in [0.25, 0.3) is 11.0 Å². The lowest BCUT2D eigenvalue weighted by Gasteiger charge is -2.16. The number of alkyl halides is 1. The second-order valence-electron chi connectivity index (χ2n) is 4.91. The SMILES string of the molecule is CCN(C)CCn1c(CCl)nc2cc(OC)c(OC)cc21. The highest BCUT2D eigenvalue weighted by molar-refractivity contribution is 6.16. The Kier molecular flexibility index (Phi) is 5.31. The molecule has 0 unspecified atom stereocenters. The zero-order chi connectivity index (χ0) is 15.4. The van der Waals surface area contributed by atoms with E-state index in [0.717, 1.165) is 36.5 Å². The Morgan fingerprint density at radius 2 is 1.90 bits per heavy atom. The van der Waals surface area contributed by atoms with Gasteiger partial charge < -0.3 is 18.9 Å². The van der Waals surface area contributed by atoms with Crippen molar-refractivity contribution in [2.24, 2.45) is 0 Å². The molecule has 0 atom stereocenters. The monoisotopic (exact) mass is 311 g/mol. The van der Waals surface area contributed by atoms with E-state index in [2.05, 4.69) is 28.4 Å². The number of benzene rings is 1. The van der Waals surface area contributed by atoms with Crippen molar-refractivity contribution in [1.29, 1.82) is 0 Å². The summed E-state index contributed by atoms with van der Waals surface area (Å²) in [7, 11) is 5.36. The zero-order valence-corrected chi connectivity index (χ0v) is 13.8. The van der Waals surface area contributed by atoms with Gasteiger partial charge in [-0.3, -0.25) is 0 Å². The highest BCUT2D eigenvalue weighted by Gasteiger charge is 2.14. The van der Waals surface area contributed by atoms with Crippen molar-refractivity contribution in [2.45, 2.75) is 19.3 Å². The quantitative estimate of drug-likeness (QED) is 0.737. The first-order chi connectivity index (χ1) is 10.1. The van der Waals surface area contributed by atoms with Crippen LogP contribution in [-0.2, 0) is 12.4 Å². The third-order valence-electron chi connectivity index (χ3n) is 3.70. The van der Waals surface area contributed by atoms with Crippen LogP contribution in [0.1, 0.15) is 12.7 Å². The van der Waals surface area contributed by atoms with Gasteiger partial charge in [0.2, 0.25) is 0 Å². The molecule has 1 heterocycles. The number of nitrogens with zero attached hydrogens (tertiary/aromatic N) is 3. The summed E-state index contributed by atoms with van der Waals surface area (Å²) in [6.07, 6.45) is 0. The first-order valence-electron chi connectivity index (χ1n) is 7.00. The maximum absolute atomic E-state index is 6.04. The lowest BCUT2D eigenvalue weighted by Crippen LogP contribution is -2.23. The lowest BCUT2D eigenvalue weighted by atomic mass is 10.2. The van der Waals surface area contributed by atoms with E-state index in [9.17, 15) is 0 Å². The third-order valence-corrected chi connectivity index (χ3v) is 3.94. The molecule has 0 saturated carbocycles. The molecule has 0 aliphatic heterocycles. The number of imidazole rings is 1. The topological polar surface area (TPSA) is 39.5 Å². The van der Waals surface area contributed by atoms with Gasteiger partial charge in [0.25, 0.3) is 0 Å². The lowest BCUT2D eigenvalue weighted by molar-refractivity contribution is 0.335. The van der Waals surface area contributed by atoms with Gasteiger partial charge in [0.05, 0.1) is 31.1 Å². The minimum Gasteiger partial charge on any atom is -0.493 e. The predicted molar refractivity (Wildman–Crippen MR) is 85.6 cm³/mol. The van der Waals surface area contributed by atoms with Crippen molar-refractivity contribution >= 4 is 22.6 Å². The molecule has 0 aliphatic rings. The molecular formula is C15H22ClN3O2. The fourth-order valence-corrected chi connectivity index (χ4v) is 2.49. The number of hydrogen-bond acceptors (Lipinski definition) is 4. The van der Waals surface area contributed by atoms with Gasteiger partial charge in [-0.05, 0) is 13.6 Å². The fraction of sp³-hybridized carbons (Fsp3) is 0.533. The highest BCUT2D eigenvalue weighted by atomic mass is 35.5. The number of likely N-dealkylation sites (N-methyl/N-ethyl adjacent to an activating group) is 1. The summed E-state index contributed by atoms with van der Waals surface area (Å²) in [6.45, 7) is 4.95. The maximum Gasteiger partial charge on any atom is 0.163 e. The van der Waals surface area contributed by atoms with Gasteiger partial charge in [-0.25, -0.2) is 4.98 Å². The standard InChI is InChI=1S/C15H22ClN3O2/c1-5-18(2)6-7-19-12-9-14(21-4)13(20-3)8-11(12)17-15(19)10-16/h8-9H,5-7,10H2,1-4H3. The molecule has 0 radical (unpaired) electrons. The van der Waals surface area contributed by atoms with Crippen LogP contribution in [0.4, 0.5) is 0 Å². The molecule has 2 rings (SSSR count). The minimum atomic E-state index is 0.384. The number of fused-ring (bicyclic) bond motifs is 1. The minimum absolute atomic E-state index is 0.384. The molecule has 0 N–H and O–H groups in total. The number of methoxy groups -OCH3 is 2. The largest absolute Gasteiger partial charge is 0.493 e. The van der Waals surface area contributed by atoms with Gasteiger partial charge in [0, 0.05) is 25.2 Å². The molecule has 1 aromatic heterocycles. The van der Waals surface area contributed by atoms with Gasteiger partial charge in [-0.15, -0.1) is 11.6 Å². The molecule has 0 spiro atoms. The molecule has 5 nitrogen and oxygen atoms in total. The third kappa shape index (κ3) is 3.24. The molecule has 0 aliphatic carbocycles. The summed E-state index contributed by atoms with van der Waals surface area (Å²) < 4.78 is 12.9. The number of hydrogen-bond donors (Lipinski definition) is 0.